The van der Waals surface area contributed by atoms with E-state index in [-0.39, 0.29) is 0 Å². The highest BCUT2D eigenvalue weighted by atomic mass is 32.2. The molecule has 2 heteroatoms. The predicted octanol–water partition coefficient (Wildman–Crippen LogP) is 3.69. The Labute approximate surface area is 94.4 Å². The van der Waals surface area contributed by atoms with Crippen molar-refractivity contribution in [1.29, 1.82) is 0 Å². The van der Waals surface area contributed by atoms with Crippen LogP contribution in [0.5, 0.6) is 0 Å². The maximum absolute atomic E-state index is 3.51. The first-order valence-corrected chi connectivity index (χ1v) is 7.33. The Balaban J connectivity index is 2.92. The number of rotatable bonds is 10. The van der Waals surface area contributed by atoms with Crippen molar-refractivity contribution in [3.05, 3.63) is 0 Å². The van der Waals surface area contributed by atoms with Crippen molar-refractivity contribution in [2.24, 2.45) is 0 Å². The highest BCUT2D eigenvalue weighted by Crippen LogP contribution is 2.08. The van der Waals surface area contributed by atoms with Gasteiger partial charge in [-0.15, -0.1) is 0 Å². The van der Waals surface area contributed by atoms with Crippen molar-refractivity contribution in [2.45, 2.75) is 57.6 Å². The van der Waals surface area contributed by atoms with Gasteiger partial charge in [0, 0.05) is 5.25 Å². The number of unbranched alkanes of at least 4 members (excludes halogenated alkanes) is 4. The minimum Gasteiger partial charge on any atom is -0.317 e. The molecule has 1 N–H and O–H groups in total. The molecule has 1 nitrogen and oxygen atoms in total. The zero-order chi connectivity index (χ0) is 10.6. The van der Waals surface area contributed by atoms with Crippen LogP contribution in [0, 0.1) is 0 Å². The monoisotopic (exact) mass is 217 g/mol. The fourth-order valence-corrected chi connectivity index (χ4v) is 1.76. The van der Waals surface area contributed by atoms with E-state index < -0.39 is 0 Å². The van der Waals surface area contributed by atoms with Gasteiger partial charge in [0.2, 0.25) is 0 Å². The minimum atomic E-state index is 0.808. The first-order chi connectivity index (χ1) is 6.81. The van der Waals surface area contributed by atoms with Gasteiger partial charge >= 0.3 is 0 Å². The zero-order valence-corrected chi connectivity index (χ0v) is 11.0. The summed E-state index contributed by atoms with van der Waals surface area (Å²) in [6.45, 7) is 6.97. The second kappa shape index (κ2) is 11.4. The molecule has 1 unspecified atom stereocenters. The van der Waals surface area contributed by atoms with Crippen LogP contribution in [0.2, 0.25) is 0 Å². The molecule has 0 aromatic rings. The van der Waals surface area contributed by atoms with E-state index in [0.717, 1.165) is 5.25 Å². The van der Waals surface area contributed by atoms with Gasteiger partial charge in [-0.25, -0.2) is 0 Å². The van der Waals surface area contributed by atoms with Crippen LogP contribution in [0.4, 0.5) is 0 Å². The lowest BCUT2D eigenvalue weighted by atomic mass is 10.1. The molecular formula is C12H27NS. The Bertz CT molecular complexity index is 106. The molecule has 0 aliphatic heterocycles. The molecule has 14 heavy (non-hydrogen) atoms. The van der Waals surface area contributed by atoms with Gasteiger partial charge in [0.1, 0.15) is 0 Å². The third kappa shape index (κ3) is 10.4. The van der Waals surface area contributed by atoms with Gasteiger partial charge in [0.05, 0.1) is 0 Å². The molecule has 0 aliphatic rings. The predicted molar refractivity (Wildman–Crippen MR) is 69.2 cm³/mol. The highest BCUT2D eigenvalue weighted by Gasteiger charge is 1.97. The van der Waals surface area contributed by atoms with Gasteiger partial charge in [-0.2, -0.15) is 11.8 Å². The van der Waals surface area contributed by atoms with E-state index in [1.54, 1.807) is 0 Å². The molecule has 0 saturated heterocycles. The van der Waals surface area contributed by atoms with E-state index in [4.69, 9.17) is 0 Å². The Morgan fingerprint density at radius 3 is 2.43 bits per heavy atom. The third-order valence-electron chi connectivity index (χ3n) is 2.59. The normalized spacial score (nSPS) is 13.1. The van der Waals surface area contributed by atoms with Crippen molar-refractivity contribution in [3.63, 3.8) is 0 Å². The van der Waals surface area contributed by atoms with Crippen molar-refractivity contribution >= 4 is 11.8 Å². The Hall–Kier alpha value is 0.310. The van der Waals surface area contributed by atoms with Crippen LogP contribution in [0.25, 0.3) is 0 Å². The van der Waals surface area contributed by atoms with Crippen LogP contribution >= 0.6 is 11.8 Å². The fourth-order valence-electron chi connectivity index (χ4n) is 1.40. The Morgan fingerprint density at radius 2 is 1.79 bits per heavy atom. The lowest BCUT2D eigenvalue weighted by Gasteiger charge is -2.08. The summed E-state index contributed by atoms with van der Waals surface area (Å²) in [6, 6.07) is 0. The van der Waals surface area contributed by atoms with Gasteiger partial charge in [0.25, 0.3) is 0 Å². The number of nitrogens with one attached hydrogen (secondary N) is 1. The minimum absolute atomic E-state index is 0.808. The van der Waals surface area contributed by atoms with Crippen molar-refractivity contribution in [2.75, 3.05) is 19.3 Å². The van der Waals surface area contributed by atoms with Crippen molar-refractivity contribution in [3.8, 4) is 0 Å². The average Bonchev–Trinajstić information content (AvgIpc) is 2.21. The summed E-state index contributed by atoms with van der Waals surface area (Å²) in [4.78, 5) is 0. The molecular weight excluding hydrogens is 190 g/mol. The molecule has 86 valence electrons. The molecule has 0 heterocycles. The van der Waals surface area contributed by atoms with Crippen molar-refractivity contribution in [1.82, 2.24) is 5.32 Å². The maximum Gasteiger partial charge on any atom is 0.00280 e. The SMILES string of the molecule is CCCCCCCNCCC(C)SC. The zero-order valence-electron chi connectivity index (χ0n) is 10.1. The molecule has 1 atom stereocenters. The standard InChI is InChI=1S/C12H27NS/c1-4-5-6-7-8-10-13-11-9-12(2)14-3/h12-13H,4-11H2,1-3H3. The summed E-state index contributed by atoms with van der Waals surface area (Å²) >= 11 is 1.96. The molecule has 0 saturated carbocycles. The van der Waals surface area contributed by atoms with E-state index >= 15 is 0 Å². The number of hydrogen-bond donors (Lipinski definition) is 1. The highest BCUT2D eigenvalue weighted by molar-refractivity contribution is 7.99. The lowest BCUT2D eigenvalue weighted by molar-refractivity contribution is 0.574. The summed E-state index contributed by atoms with van der Waals surface area (Å²) in [5, 5.41) is 4.32. The van der Waals surface area contributed by atoms with E-state index in [2.05, 4.69) is 25.4 Å². The molecule has 0 rings (SSSR count). The maximum atomic E-state index is 3.51. The Kier molecular flexibility index (Phi) is 11.6. The van der Waals surface area contributed by atoms with E-state index in [0.29, 0.717) is 0 Å². The quantitative estimate of drug-likeness (QED) is 0.560. The lowest BCUT2D eigenvalue weighted by Crippen LogP contribution is -2.19. The van der Waals surface area contributed by atoms with E-state index in [1.807, 2.05) is 11.8 Å². The smallest absolute Gasteiger partial charge is 0.00280 e. The molecule has 0 radical (unpaired) electrons. The molecule has 0 spiro atoms. The molecule has 0 fully saturated rings. The second-order valence-corrected chi connectivity index (χ2v) is 5.28. The summed E-state index contributed by atoms with van der Waals surface area (Å²) in [7, 11) is 0. The van der Waals surface area contributed by atoms with Crippen LogP contribution in [-0.4, -0.2) is 24.6 Å². The van der Waals surface area contributed by atoms with Gasteiger partial charge in [-0.05, 0) is 32.2 Å². The van der Waals surface area contributed by atoms with Gasteiger partial charge in [-0.3, -0.25) is 0 Å². The largest absolute Gasteiger partial charge is 0.317 e. The fraction of sp³-hybridized carbons (Fsp3) is 1.00. The molecule has 0 bridgehead atoms. The average molecular weight is 217 g/mol. The summed E-state index contributed by atoms with van der Waals surface area (Å²) < 4.78 is 0. The summed E-state index contributed by atoms with van der Waals surface area (Å²) in [5.41, 5.74) is 0. The van der Waals surface area contributed by atoms with Crippen LogP contribution < -0.4 is 5.32 Å². The summed E-state index contributed by atoms with van der Waals surface area (Å²) in [5.74, 6) is 0. The van der Waals surface area contributed by atoms with Crippen LogP contribution in [-0.2, 0) is 0 Å². The van der Waals surface area contributed by atoms with Crippen molar-refractivity contribution < 1.29 is 0 Å². The molecule has 0 amide bonds. The topological polar surface area (TPSA) is 12.0 Å². The van der Waals surface area contributed by atoms with E-state index in [1.165, 1.54) is 51.6 Å². The molecule has 0 aromatic carbocycles. The van der Waals surface area contributed by atoms with Crippen LogP contribution in [0.1, 0.15) is 52.4 Å². The first-order valence-electron chi connectivity index (χ1n) is 6.04. The summed E-state index contributed by atoms with van der Waals surface area (Å²) in [6.07, 6.45) is 10.4. The Morgan fingerprint density at radius 1 is 1.07 bits per heavy atom. The van der Waals surface area contributed by atoms with Crippen LogP contribution in [0.15, 0.2) is 0 Å². The van der Waals surface area contributed by atoms with E-state index in [9.17, 15) is 0 Å². The first kappa shape index (κ1) is 14.3. The molecule has 0 aliphatic carbocycles. The second-order valence-electron chi connectivity index (χ2n) is 4.00. The van der Waals surface area contributed by atoms with Crippen LogP contribution in [0.3, 0.4) is 0 Å². The van der Waals surface area contributed by atoms with Gasteiger partial charge in [0.15, 0.2) is 0 Å². The van der Waals surface area contributed by atoms with Gasteiger partial charge in [-0.1, -0.05) is 39.5 Å². The molecule has 0 aromatic heterocycles. The third-order valence-corrected chi connectivity index (χ3v) is 3.63. The number of thioether (sulfide) groups is 1. The van der Waals surface area contributed by atoms with Gasteiger partial charge < -0.3 is 5.32 Å². The number of hydrogen-bond acceptors (Lipinski definition) is 2.